The maximum atomic E-state index is 11.9. The van der Waals surface area contributed by atoms with Gasteiger partial charge in [0.05, 0.1) is 6.61 Å². The van der Waals surface area contributed by atoms with E-state index in [2.05, 4.69) is 13.8 Å². The lowest BCUT2D eigenvalue weighted by Crippen LogP contribution is -2.43. The number of esters is 1. The highest BCUT2D eigenvalue weighted by Crippen LogP contribution is 2.06. The number of nitrogens with zero attached hydrogens (tertiary/aromatic N) is 1. The Bertz CT molecular complexity index is 266. The fraction of sp³-hybridized carbons (Fsp3) is 0.867. The van der Waals surface area contributed by atoms with Crippen LogP contribution in [0.15, 0.2) is 0 Å². The molecule has 1 unspecified atom stereocenters. The van der Waals surface area contributed by atoms with Crippen molar-refractivity contribution in [2.24, 2.45) is 0 Å². The summed E-state index contributed by atoms with van der Waals surface area (Å²) in [6.07, 6.45) is 6.24. The first kappa shape index (κ1) is 17.9. The molecule has 1 atom stereocenters. The van der Waals surface area contributed by atoms with Gasteiger partial charge in [-0.2, -0.15) is 0 Å². The first-order valence-corrected chi connectivity index (χ1v) is 7.48. The second kappa shape index (κ2) is 10.8. The van der Waals surface area contributed by atoms with Crippen LogP contribution in [0.5, 0.6) is 0 Å². The highest BCUT2D eigenvalue weighted by Gasteiger charge is 2.24. The van der Waals surface area contributed by atoms with Gasteiger partial charge in [-0.1, -0.05) is 39.5 Å². The highest BCUT2D eigenvalue weighted by molar-refractivity contribution is 5.83. The van der Waals surface area contributed by atoms with E-state index >= 15 is 0 Å². The minimum Gasteiger partial charge on any atom is -0.464 e. The van der Waals surface area contributed by atoms with Gasteiger partial charge in [-0.3, -0.25) is 4.79 Å². The van der Waals surface area contributed by atoms with E-state index in [-0.39, 0.29) is 11.9 Å². The van der Waals surface area contributed by atoms with Crippen LogP contribution in [0, 0.1) is 0 Å². The number of amides is 1. The van der Waals surface area contributed by atoms with Crippen LogP contribution >= 0.6 is 0 Å². The third kappa shape index (κ3) is 7.85. The van der Waals surface area contributed by atoms with Gasteiger partial charge in [0, 0.05) is 13.5 Å². The molecular weight excluding hydrogens is 242 g/mol. The molecule has 0 rings (SSSR count). The summed E-state index contributed by atoms with van der Waals surface area (Å²) < 4.78 is 5.23. The van der Waals surface area contributed by atoms with Crippen LogP contribution in [0.3, 0.4) is 0 Å². The topological polar surface area (TPSA) is 46.6 Å². The van der Waals surface area contributed by atoms with Crippen LogP contribution in [0.4, 0.5) is 0 Å². The Hall–Kier alpha value is -1.06. The summed E-state index contributed by atoms with van der Waals surface area (Å²) >= 11 is 0. The minimum atomic E-state index is -0.477. The molecule has 0 saturated heterocycles. The summed E-state index contributed by atoms with van der Waals surface area (Å²) in [6.45, 7) is 8.54. The zero-order valence-corrected chi connectivity index (χ0v) is 12.9. The third-order valence-corrected chi connectivity index (χ3v) is 3.21. The summed E-state index contributed by atoms with van der Waals surface area (Å²) in [5.41, 5.74) is 0. The molecule has 0 aliphatic rings. The van der Waals surface area contributed by atoms with E-state index in [0.29, 0.717) is 13.2 Å². The molecule has 0 saturated carbocycles. The maximum Gasteiger partial charge on any atom is 0.328 e. The average molecular weight is 271 g/mol. The lowest BCUT2D eigenvalue weighted by atomic mass is 10.2. The first-order valence-electron chi connectivity index (χ1n) is 7.48. The molecule has 0 aromatic heterocycles. The average Bonchev–Trinajstić information content (AvgIpc) is 2.38. The lowest BCUT2D eigenvalue weighted by molar-refractivity contribution is -0.154. The molecule has 0 radical (unpaired) electrons. The van der Waals surface area contributed by atoms with Crippen molar-refractivity contribution in [1.82, 2.24) is 4.90 Å². The normalized spacial score (nSPS) is 12.0. The molecule has 0 aliphatic carbocycles. The van der Waals surface area contributed by atoms with Gasteiger partial charge in [-0.15, -0.1) is 0 Å². The smallest absolute Gasteiger partial charge is 0.328 e. The lowest BCUT2D eigenvalue weighted by Gasteiger charge is -2.26. The van der Waals surface area contributed by atoms with Gasteiger partial charge in [0.1, 0.15) is 6.04 Å². The molecule has 0 aromatic carbocycles. The fourth-order valence-electron chi connectivity index (χ4n) is 1.90. The van der Waals surface area contributed by atoms with Crippen molar-refractivity contribution in [2.75, 3.05) is 13.2 Å². The Labute approximate surface area is 117 Å². The minimum absolute atomic E-state index is 0.0658. The van der Waals surface area contributed by atoms with E-state index in [1.165, 1.54) is 19.8 Å². The van der Waals surface area contributed by atoms with Crippen molar-refractivity contribution in [3.8, 4) is 0 Å². The van der Waals surface area contributed by atoms with E-state index in [1.54, 1.807) is 11.8 Å². The number of carbonyl (C=O) groups excluding carboxylic acids is 2. The quantitative estimate of drug-likeness (QED) is 0.453. The summed E-state index contributed by atoms with van der Waals surface area (Å²) in [4.78, 5) is 25.0. The number of rotatable bonds is 10. The molecule has 4 nitrogen and oxygen atoms in total. The Morgan fingerprint density at radius 2 is 1.68 bits per heavy atom. The van der Waals surface area contributed by atoms with Crippen molar-refractivity contribution in [2.45, 2.75) is 72.3 Å². The molecule has 0 spiro atoms. The van der Waals surface area contributed by atoms with Crippen LogP contribution in [-0.4, -0.2) is 36.0 Å². The van der Waals surface area contributed by atoms with E-state index < -0.39 is 6.04 Å². The standard InChI is InChI=1S/C15H29NO3/c1-5-7-9-10-12-19-15(18)13(3)16(14(4)17)11-8-6-2/h13H,5-12H2,1-4H3. The van der Waals surface area contributed by atoms with Crippen molar-refractivity contribution in [1.29, 1.82) is 0 Å². The number of hydrogen-bond donors (Lipinski definition) is 0. The molecule has 0 N–H and O–H groups in total. The SMILES string of the molecule is CCCCCCOC(=O)C(C)N(CCCC)C(C)=O. The van der Waals surface area contributed by atoms with Crippen molar-refractivity contribution < 1.29 is 14.3 Å². The molecule has 0 fully saturated rings. The van der Waals surface area contributed by atoms with Crippen molar-refractivity contribution in [3.63, 3.8) is 0 Å². The molecule has 4 heteroatoms. The Morgan fingerprint density at radius 1 is 1.05 bits per heavy atom. The summed E-state index contributed by atoms with van der Waals surface area (Å²) in [5, 5.41) is 0. The second-order valence-electron chi connectivity index (χ2n) is 4.97. The van der Waals surface area contributed by atoms with Gasteiger partial charge in [-0.25, -0.2) is 4.79 Å². The van der Waals surface area contributed by atoms with Gasteiger partial charge >= 0.3 is 5.97 Å². The van der Waals surface area contributed by atoms with Crippen LogP contribution in [0.1, 0.15) is 66.2 Å². The Balaban J connectivity index is 4.08. The summed E-state index contributed by atoms with van der Waals surface area (Å²) in [5.74, 6) is -0.355. The van der Waals surface area contributed by atoms with E-state index in [1.807, 2.05) is 0 Å². The van der Waals surface area contributed by atoms with E-state index in [0.717, 1.165) is 25.7 Å². The van der Waals surface area contributed by atoms with Gasteiger partial charge in [0.15, 0.2) is 0 Å². The largest absolute Gasteiger partial charge is 0.464 e. The fourth-order valence-corrected chi connectivity index (χ4v) is 1.90. The summed E-state index contributed by atoms with van der Waals surface area (Å²) in [7, 11) is 0. The number of carbonyl (C=O) groups is 2. The van der Waals surface area contributed by atoms with Gasteiger partial charge in [-0.05, 0) is 19.8 Å². The highest BCUT2D eigenvalue weighted by atomic mass is 16.5. The predicted octanol–water partition coefficient (Wildman–Crippen LogP) is 3.15. The van der Waals surface area contributed by atoms with E-state index in [9.17, 15) is 9.59 Å². The monoisotopic (exact) mass is 271 g/mol. The number of hydrogen-bond acceptors (Lipinski definition) is 3. The molecule has 1 amide bonds. The molecule has 112 valence electrons. The van der Waals surface area contributed by atoms with Crippen molar-refractivity contribution in [3.05, 3.63) is 0 Å². The van der Waals surface area contributed by atoms with Crippen LogP contribution in [0.2, 0.25) is 0 Å². The Kier molecular flexibility index (Phi) is 10.2. The third-order valence-electron chi connectivity index (χ3n) is 3.21. The van der Waals surface area contributed by atoms with Gasteiger partial charge < -0.3 is 9.64 Å². The zero-order valence-electron chi connectivity index (χ0n) is 12.9. The first-order chi connectivity index (χ1) is 9.04. The maximum absolute atomic E-state index is 11.9. The molecule has 0 bridgehead atoms. The number of unbranched alkanes of at least 4 members (excludes halogenated alkanes) is 4. The second-order valence-corrected chi connectivity index (χ2v) is 4.97. The van der Waals surface area contributed by atoms with Crippen LogP contribution in [-0.2, 0) is 14.3 Å². The molecule has 0 heterocycles. The van der Waals surface area contributed by atoms with Gasteiger partial charge in [0.25, 0.3) is 0 Å². The number of ether oxygens (including phenoxy) is 1. The van der Waals surface area contributed by atoms with Crippen LogP contribution < -0.4 is 0 Å². The molecule has 0 aromatic rings. The van der Waals surface area contributed by atoms with Crippen LogP contribution in [0.25, 0.3) is 0 Å². The van der Waals surface area contributed by atoms with Gasteiger partial charge in [0.2, 0.25) is 5.91 Å². The van der Waals surface area contributed by atoms with E-state index in [4.69, 9.17) is 4.74 Å². The van der Waals surface area contributed by atoms with Crippen molar-refractivity contribution >= 4 is 11.9 Å². The Morgan fingerprint density at radius 3 is 2.21 bits per heavy atom. The molecular formula is C15H29NO3. The zero-order chi connectivity index (χ0) is 14.7. The predicted molar refractivity (Wildman–Crippen MR) is 76.9 cm³/mol. The summed E-state index contributed by atoms with van der Waals surface area (Å²) in [6, 6.07) is -0.477. The molecule has 0 aliphatic heterocycles. The molecule has 19 heavy (non-hydrogen) atoms.